The zero-order valence-electron chi connectivity index (χ0n) is 29.9. The Hall–Kier alpha value is -4.21. The number of amides is 1. The molecule has 2 fully saturated rings. The Morgan fingerprint density at radius 2 is 1.61 bits per heavy atom. The summed E-state index contributed by atoms with van der Waals surface area (Å²) in [6.07, 6.45) is -4.70. The Morgan fingerprint density at radius 1 is 0.926 bits per heavy atom. The molecule has 0 unspecified atom stereocenters. The van der Waals surface area contributed by atoms with Crippen molar-refractivity contribution in [1.82, 2.24) is 20.1 Å². The van der Waals surface area contributed by atoms with Crippen molar-refractivity contribution in [2.75, 3.05) is 39.0 Å². The summed E-state index contributed by atoms with van der Waals surface area (Å²) in [5, 5.41) is 2.07. The van der Waals surface area contributed by atoms with Crippen LogP contribution in [0.1, 0.15) is 72.1 Å². The minimum absolute atomic E-state index is 0.0152. The number of rotatable bonds is 10. The number of piperidine rings is 2. The van der Waals surface area contributed by atoms with Gasteiger partial charge in [0.1, 0.15) is 10.6 Å². The molecule has 1 amide bonds. The molecule has 3 aromatic carbocycles. The summed E-state index contributed by atoms with van der Waals surface area (Å²) in [5.41, 5.74) is -1.57. The minimum Gasteiger partial charge on any atom is -0.495 e. The second-order valence-corrected chi connectivity index (χ2v) is 16.0. The number of alkyl halides is 6. The van der Waals surface area contributed by atoms with Crippen molar-refractivity contribution in [3.8, 4) is 17.0 Å². The maximum Gasteiger partial charge on any atom is 0.416 e. The van der Waals surface area contributed by atoms with Gasteiger partial charge < -0.3 is 15.0 Å². The molecule has 0 radical (unpaired) electrons. The van der Waals surface area contributed by atoms with Crippen LogP contribution in [-0.2, 0) is 22.6 Å². The Labute approximate surface area is 310 Å². The molecule has 290 valence electrons. The summed E-state index contributed by atoms with van der Waals surface area (Å²) in [6, 6.07) is 11.4. The Kier molecular flexibility index (Phi) is 11.6. The third-order valence-corrected chi connectivity index (χ3v) is 12.1. The van der Waals surface area contributed by atoms with Crippen LogP contribution in [0.5, 0.6) is 5.75 Å². The van der Waals surface area contributed by atoms with Crippen LogP contribution in [-0.4, -0.2) is 80.4 Å². The van der Waals surface area contributed by atoms with Crippen LogP contribution < -0.4 is 10.1 Å². The number of likely N-dealkylation sites (tertiary alicyclic amines) is 2. The number of nitrogens with one attached hydrogen (secondary N) is 1. The van der Waals surface area contributed by atoms with E-state index in [1.54, 1.807) is 0 Å². The predicted molar refractivity (Wildman–Crippen MR) is 193 cm³/mol. The molecule has 3 heterocycles. The topological polar surface area (TPSA) is 91.8 Å². The van der Waals surface area contributed by atoms with E-state index in [1.165, 1.54) is 75.1 Å². The summed E-state index contributed by atoms with van der Waals surface area (Å²) < 4.78 is 118. The molecule has 1 atom stereocenters. The second kappa shape index (κ2) is 15.9. The maximum atomic E-state index is 14.7. The van der Waals surface area contributed by atoms with Gasteiger partial charge in [-0.05, 0) is 75.6 Å². The molecule has 0 saturated carbocycles. The summed E-state index contributed by atoms with van der Waals surface area (Å²) in [5.74, 6) is -1.68. The average Bonchev–Trinajstić information content (AvgIpc) is 3.16. The first kappa shape index (κ1) is 39.5. The summed E-state index contributed by atoms with van der Waals surface area (Å²) in [6.45, 7) is 4.46. The molecule has 4 aromatic rings. The highest BCUT2D eigenvalue weighted by atomic mass is 32.2. The summed E-state index contributed by atoms with van der Waals surface area (Å²) in [7, 11) is -2.78. The number of ether oxygens (including phenoxy) is 1. The van der Waals surface area contributed by atoms with E-state index in [0.717, 1.165) is 50.9 Å². The van der Waals surface area contributed by atoms with E-state index in [0.29, 0.717) is 19.1 Å². The number of nitrogens with zero attached hydrogens (tertiary/aromatic N) is 3. The third-order valence-electron chi connectivity index (χ3n) is 10.4. The van der Waals surface area contributed by atoms with Gasteiger partial charge in [-0.15, -0.1) is 0 Å². The smallest absolute Gasteiger partial charge is 0.416 e. The molecule has 2 aliphatic rings. The van der Waals surface area contributed by atoms with E-state index >= 15 is 0 Å². The van der Waals surface area contributed by atoms with Crippen molar-refractivity contribution in [1.29, 1.82) is 0 Å². The number of sulfone groups is 1. The van der Waals surface area contributed by atoms with Crippen molar-refractivity contribution in [2.45, 2.75) is 74.9 Å². The van der Waals surface area contributed by atoms with E-state index in [4.69, 9.17) is 9.72 Å². The van der Waals surface area contributed by atoms with Crippen molar-refractivity contribution in [2.24, 2.45) is 0 Å². The van der Waals surface area contributed by atoms with Crippen LogP contribution in [0.3, 0.4) is 0 Å². The van der Waals surface area contributed by atoms with Crippen molar-refractivity contribution < 1.29 is 44.3 Å². The fraction of sp³-hybridized carbons (Fsp3) is 0.436. The van der Waals surface area contributed by atoms with Gasteiger partial charge in [0.25, 0.3) is 5.91 Å². The summed E-state index contributed by atoms with van der Waals surface area (Å²) >= 11 is 0. The zero-order chi connectivity index (χ0) is 38.8. The van der Waals surface area contributed by atoms with Crippen LogP contribution in [0.15, 0.2) is 71.6 Å². The van der Waals surface area contributed by atoms with Gasteiger partial charge in [0.15, 0.2) is 15.9 Å². The van der Waals surface area contributed by atoms with Gasteiger partial charge in [0, 0.05) is 35.2 Å². The molecule has 1 N–H and O–H groups in total. The van der Waals surface area contributed by atoms with Gasteiger partial charge in [0.2, 0.25) is 0 Å². The molecule has 8 nitrogen and oxygen atoms in total. The molecule has 2 aliphatic heterocycles. The SMILES string of the molecule is CCS(=O)(=O)c1cc2c(C(=O)N[C@H](c3ccccc3)C(F)(F)F)c(CN3CCC(N4CCCCC4)CC3)c(-c3cccc(C(F)(F)F)c3)nc2cc1OC. The number of aromatic nitrogens is 1. The van der Waals surface area contributed by atoms with Gasteiger partial charge in [-0.2, -0.15) is 26.3 Å². The van der Waals surface area contributed by atoms with E-state index < -0.39 is 39.7 Å². The highest BCUT2D eigenvalue weighted by Crippen LogP contribution is 2.40. The van der Waals surface area contributed by atoms with E-state index in [9.17, 15) is 39.6 Å². The number of carbonyl (C=O) groups is 1. The van der Waals surface area contributed by atoms with Crippen LogP contribution in [0, 0.1) is 0 Å². The number of methoxy groups -OCH3 is 1. The largest absolute Gasteiger partial charge is 0.495 e. The predicted octanol–water partition coefficient (Wildman–Crippen LogP) is 8.21. The second-order valence-electron chi connectivity index (χ2n) is 13.8. The normalized spacial score (nSPS) is 17.4. The lowest BCUT2D eigenvalue weighted by Gasteiger charge is -2.40. The lowest BCUT2D eigenvalue weighted by Crippen LogP contribution is -2.46. The average molecular weight is 777 g/mol. The molecular weight excluding hydrogens is 735 g/mol. The molecule has 0 aliphatic carbocycles. The van der Waals surface area contributed by atoms with Crippen molar-refractivity contribution >= 4 is 26.6 Å². The number of benzene rings is 3. The van der Waals surface area contributed by atoms with Crippen LogP contribution in [0.2, 0.25) is 0 Å². The van der Waals surface area contributed by atoms with E-state index in [2.05, 4.69) is 10.2 Å². The minimum atomic E-state index is -4.94. The third kappa shape index (κ3) is 8.52. The first-order chi connectivity index (χ1) is 25.6. The first-order valence-corrected chi connectivity index (χ1v) is 19.6. The van der Waals surface area contributed by atoms with Gasteiger partial charge in [-0.1, -0.05) is 55.8 Å². The number of hydrogen-bond acceptors (Lipinski definition) is 7. The molecule has 1 aromatic heterocycles. The number of hydrogen-bond donors (Lipinski definition) is 1. The fourth-order valence-electron chi connectivity index (χ4n) is 7.52. The molecule has 15 heteroatoms. The lowest BCUT2D eigenvalue weighted by atomic mass is 9.93. The Bertz CT molecular complexity index is 2080. The molecule has 0 bridgehead atoms. The Balaban J connectivity index is 1.57. The molecule has 6 rings (SSSR count). The van der Waals surface area contributed by atoms with Gasteiger partial charge in [0.05, 0.1) is 35.2 Å². The maximum absolute atomic E-state index is 14.7. The number of fused-ring (bicyclic) bond motifs is 1. The van der Waals surface area contributed by atoms with Crippen LogP contribution in [0.25, 0.3) is 22.2 Å². The van der Waals surface area contributed by atoms with E-state index in [1.807, 2.05) is 4.90 Å². The number of pyridine rings is 1. The monoisotopic (exact) mass is 776 g/mol. The Morgan fingerprint density at radius 3 is 2.22 bits per heavy atom. The standard InChI is InChI=1S/C39H42F6N4O4S/c1-3-54(51,52)33-22-29-31(23-32(33)53-2)46-35(26-13-10-14-27(21-26)38(40,41)42)30(24-48-19-15-28(16-20-48)49-17-8-5-9-18-49)34(29)37(50)47-36(39(43,44)45)25-11-6-4-7-12-25/h4,6-7,10-14,21-23,28,36H,3,5,8-9,15-20,24H2,1-2H3,(H,47,50)/t36-/m1/s1. The summed E-state index contributed by atoms with van der Waals surface area (Å²) in [4.78, 5) is 23.5. The quantitative estimate of drug-likeness (QED) is 0.163. The van der Waals surface area contributed by atoms with Crippen molar-refractivity contribution in [3.05, 3.63) is 89.0 Å². The van der Waals surface area contributed by atoms with E-state index in [-0.39, 0.29) is 61.8 Å². The lowest BCUT2D eigenvalue weighted by molar-refractivity contribution is -0.155. The van der Waals surface area contributed by atoms with Gasteiger partial charge in [-0.3, -0.25) is 9.69 Å². The van der Waals surface area contributed by atoms with Gasteiger partial charge >= 0.3 is 12.4 Å². The van der Waals surface area contributed by atoms with Gasteiger partial charge in [-0.25, -0.2) is 13.4 Å². The fourth-order valence-corrected chi connectivity index (χ4v) is 8.57. The number of carbonyl (C=O) groups excluding carboxylic acids is 1. The van der Waals surface area contributed by atoms with Crippen LogP contribution >= 0.6 is 0 Å². The van der Waals surface area contributed by atoms with Crippen LogP contribution in [0.4, 0.5) is 26.3 Å². The molecule has 0 spiro atoms. The highest BCUT2D eigenvalue weighted by Gasteiger charge is 2.43. The molecule has 2 saturated heterocycles. The molecular formula is C39H42F6N4O4S. The van der Waals surface area contributed by atoms with Crippen molar-refractivity contribution in [3.63, 3.8) is 0 Å². The first-order valence-electron chi connectivity index (χ1n) is 17.9. The number of halogens is 6. The molecule has 54 heavy (non-hydrogen) atoms. The highest BCUT2D eigenvalue weighted by molar-refractivity contribution is 7.91. The zero-order valence-corrected chi connectivity index (χ0v) is 30.8.